The largest absolute Gasteiger partial charge is 0.478 e. The molecule has 2 heterocycles. The number of hydrogen-bond donors (Lipinski definition) is 2. The summed E-state index contributed by atoms with van der Waals surface area (Å²) in [6.45, 7) is 5.54. The summed E-state index contributed by atoms with van der Waals surface area (Å²) >= 11 is 0. The number of rotatable bonds is 4. The van der Waals surface area contributed by atoms with Crippen LogP contribution in [0.15, 0.2) is 60.2 Å². The number of carbonyl (C=O) groups is 3. The van der Waals surface area contributed by atoms with Gasteiger partial charge in [-0.15, -0.1) is 0 Å². The van der Waals surface area contributed by atoms with Crippen LogP contribution in [0.2, 0.25) is 0 Å². The molecule has 1 aliphatic heterocycles. The van der Waals surface area contributed by atoms with Gasteiger partial charge in [-0.25, -0.2) is 9.80 Å². The van der Waals surface area contributed by atoms with Crippen LogP contribution in [0.3, 0.4) is 0 Å². The van der Waals surface area contributed by atoms with Crippen LogP contribution in [0.5, 0.6) is 0 Å². The van der Waals surface area contributed by atoms with E-state index >= 15 is 0 Å². The maximum absolute atomic E-state index is 12.9. The number of carbonyl (C=O) groups excluding carboxylic acids is 2. The van der Waals surface area contributed by atoms with Crippen molar-refractivity contribution in [2.45, 2.75) is 20.8 Å². The van der Waals surface area contributed by atoms with E-state index in [1.807, 2.05) is 36.6 Å². The molecule has 0 saturated carbocycles. The number of nitrogens with zero attached hydrogens (tertiary/aromatic N) is 2. The zero-order chi connectivity index (χ0) is 22.3. The highest BCUT2D eigenvalue weighted by Gasteiger charge is 2.34. The van der Waals surface area contributed by atoms with Crippen LogP contribution >= 0.6 is 0 Å². The minimum Gasteiger partial charge on any atom is -0.478 e. The topological polar surface area (TPSA) is 91.6 Å². The van der Waals surface area contributed by atoms with Gasteiger partial charge in [0.2, 0.25) is 0 Å². The predicted octanol–water partition coefficient (Wildman–Crippen LogP) is 3.56. The Hall–Kier alpha value is -4.13. The van der Waals surface area contributed by atoms with E-state index < -0.39 is 17.8 Å². The van der Waals surface area contributed by atoms with E-state index in [-0.39, 0.29) is 11.1 Å². The quantitative estimate of drug-likeness (QED) is 0.503. The number of carboxylic acid groups (broad SMARTS) is 1. The third-order valence-electron chi connectivity index (χ3n) is 5.45. The number of amides is 2. The van der Waals surface area contributed by atoms with Gasteiger partial charge in [0.05, 0.1) is 11.3 Å². The highest BCUT2D eigenvalue weighted by Crippen LogP contribution is 2.28. The van der Waals surface area contributed by atoms with E-state index in [0.717, 1.165) is 17.1 Å². The number of aromatic nitrogens is 1. The average molecular weight is 415 g/mol. The van der Waals surface area contributed by atoms with Crippen molar-refractivity contribution < 1.29 is 19.5 Å². The van der Waals surface area contributed by atoms with Gasteiger partial charge in [0.15, 0.2) is 0 Å². The molecule has 31 heavy (non-hydrogen) atoms. The van der Waals surface area contributed by atoms with Gasteiger partial charge in [0, 0.05) is 17.1 Å². The molecule has 0 bridgehead atoms. The van der Waals surface area contributed by atoms with Crippen molar-refractivity contribution in [3.05, 3.63) is 88.2 Å². The smallest absolute Gasteiger partial charge is 0.336 e. The first-order valence-electron chi connectivity index (χ1n) is 9.74. The van der Waals surface area contributed by atoms with Crippen LogP contribution in [0.1, 0.15) is 32.9 Å². The second-order valence-electron chi connectivity index (χ2n) is 7.39. The maximum atomic E-state index is 12.9. The van der Waals surface area contributed by atoms with E-state index in [2.05, 4.69) is 5.43 Å². The fourth-order valence-electron chi connectivity index (χ4n) is 3.87. The summed E-state index contributed by atoms with van der Waals surface area (Å²) in [6, 6.07) is 15.9. The number of carboxylic acids is 1. The van der Waals surface area contributed by atoms with Crippen molar-refractivity contribution in [2.24, 2.45) is 0 Å². The van der Waals surface area contributed by atoms with Crippen molar-refractivity contribution in [1.82, 2.24) is 9.99 Å². The van der Waals surface area contributed by atoms with Gasteiger partial charge in [-0.3, -0.25) is 15.0 Å². The lowest BCUT2D eigenvalue weighted by Gasteiger charge is -2.14. The SMILES string of the molecule is Cc1c(C(=O)O)cccc1-n1c(C)cc(C=C2C(=O)NN(c3ccccc3)C2=O)c1C. The predicted molar refractivity (Wildman–Crippen MR) is 117 cm³/mol. The number of hydrazine groups is 1. The Labute approximate surface area is 179 Å². The molecular weight excluding hydrogens is 394 g/mol. The molecule has 1 aliphatic rings. The fraction of sp³-hybridized carbons (Fsp3) is 0.125. The van der Waals surface area contributed by atoms with Gasteiger partial charge in [0.1, 0.15) is 5.57 Å². The Morgan fingerprint density at radius 3 is 2.39 bits per heavy atom. The van der Waals surface area contributed by atoms with E-state index in [9.17, 15) is 19.5 Å². The molecule has 156 valence electrons. The molecule has 2 aromatic carbocycles. The minimum absolute atomic E-state index is 0.0418. The van der Waals surface area contributed by atoms with E-state index in [1.54, 1.807) is 49.4 Å². The molecule has 0 radical (unpaired) electrons. The summed E-state index contributed by atoms with van der Waals surface area (Å²) < 4.78 is 1.93. The van der Waals surface area contributed by atoms with Crippen molar-refractivity contribution in [3.63, 3.8) is 0 Å². The minimum atomic E-state index is -0.988. The molecule has 0 spiro atoms. The van der Waals surface area contributed by atoms with Crippen molar-refractivity contribution >= 4 is 29.5 Å². The van der Waals surface area contributed by atoms with Gasteiger partial charge < -0.3 is 9.67 Å². The number of hydrogen-bond acceptors (Lipinski definition) is 3. The summed E-state index contributed by atoms with van der Waals surface area (Å²) in [7, 11) is 0. The molecule has 1 fully saturated rings. The molecule has 0 aliphatic carbocycles. The van der Waals surface area contributed by atoms with Crippen LogP contribution in [0.25, 0.3) is 11.8 Å². The molecule has 0 atom stereocenters. The van der Waals surface area contributed by atoms with E-state index in [4.69, 9.17) is 0 Å². The molecule has 3 aromatic rings. The third-order valence-corrected chi connectivity index (χ3v) is 5.45. The second-order valence-corrected chi connectivity index (χ2v) is 7.39. The van der Waals surface area contributed by atoms with Gasteiger partial charge in [-0.1, -0.05) is 24.3 Å². The van der Waals surface area contributed by atoms with Gasteiger partial charge >= 0.3 is 5.97 Å². The zero-order valence-electron chi connectivity index (χ0n) is 17.3. The summed E-state index contributed by atoms with van der Waals surface area (Å²) in [4.78, 5) is 36.9. The lowest BCUT2D eigenvalue weighted by Crippen LogP contribution is -2.35. The second kappa shape index (κ2) is 7.60. The molecule has 1 saturated heterocycles. The Morgan fingerprint density at radius 2 is 1.71 bits per heavy atom. The molecule has 7 nitrogen and oxygen atoms in total. The van der Waals surface area contributed by atoms with Crippen LogP contribution in [0, 0.1) is 20.8 Å². The molecule has 4 rings (SSSR count). The van der Waals surface area contributed by atoms with Gasteiger partial charge in [0.25, 0.3) is 11.8 Å². The van der Waals surface area contributed by atoms with E-state index in [1.165, 1.54) is 5.01 Å². The van der Waals surface area contributed by atoms with Crippen LogP contribution in [-0.2, 0) is 9.59 Å². The zero-order valence-corrected chi connectivity index (χ0v) is 17.3. The molecule has 0 unspecified atom stereocenters. The number of aryl methyl sites for hydroxylation is 1. The van der Waals surface area contributed by atoms with E-state index in [0.29, 0.717) is 16.8 Å². The number of para-hydroxylation sites is 1. The lowest BCUT2D eigenvalue weighted by molar-refractivity contribution is -0.117. The van der Waals surface area contributed by atoms with Crippen molar-refractivity contribution in [2.75, 3.05) is 5.01 Å². The summed E-state index contributed by atoms with van der Waals surface area (Å²) in [5, 5.41) is 10.7. The maximum Gasteiger partial charge on any atom is 0.336 e. The number of anilines is 1. The molecule has 7 heteroatoms. The average Bonchev–Trinajstić information content (AvgIpc) is 3.18. The summed E-state index contributed by atoms with van der Waals surface area (Å²) in [5.41, 5.74) is 7.21. The Balaban J connectivity index is 1.76. The highest BCUT2D eigenvalue weighted by molar-refractivity contribution is 6.31. The number of benzene rings is 2. The fourth-order valence-corrected chi connectivity index (χ4v) is 3.87. The van der Waals surface area contributed by atoms with Crippen molar-refractivity contribution in [1.29, 1.82) is 0 Å². The molecule has 2 amide bonds. The molecular formula is C24H21N3O4. The Bertz CT molecular complexity index is 1260. The Morgan fingerprint density at radius 1 is 1.00 bits per heavy atom. The molecule has 1 aromatic heterocycles. The first-order chi connectivity index (χ1) is 14.8. The van der Waals surface area contributed by atoms with Crippen LogP contribution < -0.4 is 10.4 Å². The van der Waals surface area contributed by atoms with Crippen molar-refractivity contribution in [3.8, 4) is 5.69 Å². The lowest BCUT2D eigenvalue weighted by atomic mass is 10.1. The van der Waals surface area contributed by atoms with Crippen LogP contribution in [-0.4, -0.2) is 27.5 Å². The summed E-state index contributed by atoms with van der Waals surface area (Å²) in [6.07, 6.45) is 1.58. The first-order valence-corrected chi connectivity index (χ1v) is 9.74. The standard InChI is InChI=1S/C24H21N3O4/c1-14-12-17(16(3)26(14)21-11-7-10-19(15(21)2)24(30)31)13-20-22(28)25-27(23(20)29)18-8-5-4-6-9-18/h4-13H,1-3H3,(H,25,28)(H,30,31). The Kier molecular flexibility index (Phi) is 4.94. The number of nitrogens with one attached hydrogen (secondary N) is 1. The van der Waals surface area contributed by atoms with Gasteiger partial charge in [-0.05, 0) is 68.3 Å². The van der Waals surface area contributed by atoms with Crippen LogP contribution in [0.4, 0.5) is 5.69 Å². The normalized spacial score (nSPS) is 14.9. The first kappa shape index (κ1) is 20.2. The van der Waals surface area contributed by atoms with Gasteiger partial charge in [-0.2, -0.15) is 0 Å². The third kappa shape index (κ3) is 3.40. The summed E-state index contributed by atoms with van der Waals surface area (Å²) in [5.74, 6) is -1.88. The number of aromatic carboxylic acids is 1. The molecule has 2 N–H and O–H groups in total. The highest BCUT2D eigenvalue weighted by atomic mass is 16.4. The monoisotopic (exact) mass is 415 g/mol.